The molecule has 138 valence electrons. The molecular weight excluding hydrogens is 328 g/mol. The zero-order valence-electron chi connectivity index (χ0n) is 15.3. The van der Waals surface area contributed by atoms with E-state index in [-0.39, 0.29) is 5.56 Å². The minimum Gasteiger partial charge on any atom is -0.340 e. The van der Waals surface area contributed by atoms with Gasteiger partial charge in [-0.2, -0.15) is 0 Å². The standard InChI is InChI=1S/C19H26N6O/c1-23-9-11-25(12-10-23)19-21-17-5-8-24(7-4-16(17)18(26)22-19)14-15-3-2-6-20-13-15/h2-3,6,13H,4-5,7-12,14H2,1H3,(H,21,22,26). The number of aromatic amines is 1. The van der Waals surface area contributed by atoms with Crippen LogP contribution in [0.15, 0.2) is 29.3 Å². The molecule has 0 unspecified atom stereocenters. The number of rotatable bonds is 3. The van der Waals surface area contributed by atoms with E-state index < -0.39 is 0 Å². The van der Waals surface area contributed by atoms with Crippen LogP contribution in [0.2, 0.25) is 0 Å². The highest BCUT2D eigenvalue weighted by atomic mass is 16.1. The van der Waals surface area contributed by atoms with Gasteiger partial charge in [-0.25, -0.2) is 4.98 Å². The summed E-state index contributed by atoms with van der Waals surface area (Å²) in [5.74, 6) is 0.738. The van der Waals surface area contributed by atoms with E-state index in [1.54, 1.807) is 6.20 Å². The molecule has 0 atom stereocenters. The number of nitrogens with zero attached hydrogens (tertiary/aromatic N) is 5. The molecule has 0 bridgehead atoms. The summed E-state index contributed by atoms with van der Waals surface area (Å²) in [5, 5.41) is 0. The Morgan fingerprint density at radius 1 is 1.12 bits per heavy atom. The monoisotopic (exact) mass is 354 g/mol. The molecule has 1 N–H and O–H groups in total. The molecule has 2 aliphatic heterocycles. The van der Waals surface area contributed by atoms with Gasteiger partial charge in [0.25, 0.3) is 5.56 Å². The number of pyridine rings is 1. The number of likely N-dealkylation sites (N-methyl/N-ethyl adjacent to an activating group) is 1. The molecule has 4 heterocycles. The number of fused-ring (bicyclic) bond motifs is 1. The molecule has 0 radical (unpaired) electrons. The molecule has 7 nitrogen and oxygen atoms in total. The molecule has 7 heteroatoms. The number of anilines is 1. The SMILES string of the molecule is CN1CCN(c2nc3c(c(=O)[nH]2)CCN(Cc2cccnc2)CC3)CC1. The lowest BCUT2D eigenvalue weighted by atomic mass is 10.1. The van der Waals surface area contributed by atoms with Crippen LogP contribution < -0.4 is 10.5 Å². The summed E-state index contributed by atoms with van der Waals surface area (Å²) in [4.78, 5) is 31.6. The first kappa shape index (κ1) is 17.2. The van der Waals surface area contributed by atoms with Crippen LogP contribution >= 0.6 is 0 Å². The van der Waals surface area contributed by atoms with Crippen LogP contribution in [-0.4, -0.2) is 71.1 Å². The first-order valence-corrected chi connectivity index (χ1v) is 9.36. The number of nitrogens with one attached hydrogen (secondary N) is 1. The zero-order valence-corrected chi connectivity index (χ0v) is 15.3. The molecule has 1 saturated heterocycles. The Kier molecular flexibility index (Phi) is 4.99. The summed E-state index contributed by atoms with van der Waals surface area (Å²) in [5.41, 5.74) is 3.07. The third-order valence-corrected chi connectivity index (χ3v) is 5.36. The van der Waals surface area contributed by atoms with Gasteiger partial charge in [-0.15, -0.1) is 0 Å². The van der Waals surface area contributed by atoms with Crippen molar-refractivity contribution < 1.29 is 0 Å². The minimum atomic E-state index is 0.0344. The highest BCUT2D eigenvalue weighted by molar-refractivity contribution is 5.35. The fourth-order valence-corrected chi connectivity index (χ4v) is 3.72. The maximum absolute atomic E-state index is 12.6. The average Bonchev–Trinajstić information content (AvgIpc) is 2.86. The smallest absolute Gasteiger partial charge is 0.255 e. The Morgan fingerprint density at radius 2 is 1.92 bits per heavy atom. The van der Waals surface area contributed by atoms with Crippen LogP contribution in [-0.2, 0) is 19.4 Å². The van der Waals surface area contributed by atoms with Crippen molar-refractivity contribution in [2.75, 3.05) is 51.2 Å². The molecule has 2 aliphatic rings. The fraction of sp³-hybridized carbons (Fsp3) is 0.526. The quantitative estimate of drug-likeness (QED) is 0.867. The first-order chi connectivity index (χ1) is 12.7. The molecule has 0 aromatic carbocycles. The zero-order chi connectivity index (χ0) is 17.9. The fourth-order valence-electron chi connectivity index (χ4n) is 3.72. The van der Waals surface area contributed by atoms with Crippen molar-refractivity contribution >= 4 is 5.95 Å². The van der Waals surface area contributed by atoms with Gasteiger partial charge in [0.05, 0.1) is 5.69 Å². The van der Waals surface area contributed by atoms with Crippen molar-refractivity contribution in [3.8, 4) is 0 Å². The van der Waals surface area contributed by atoms with Crippen LogP contribution in [0.25, 0.3) is 0 Å². The van der Waals surface area contributed by atoms with Gasteiger partial charge in [0.15, 0.2) is 0 Å². The van der Waals surface area contributed by atoms with Crippen LogP contribution in [0.3, 0.4) is 0 Å². The molecule has 1 fully saturated rings. The summed E-state index contributed by atoms with van der Waals surface area (Å²) in [6, 6.07) is 4.07. The van der Waals surface area contributed by atoms with Crippen molar-refractivity contribution in [2.24, 2.45) is 0 Å². The number of aromatic nitrogens is 3. The van der Waals surface area contributed by atoms with E-state index in [1.807, 2.05) is 12.3 Å². The Balaban J connectivity index is 1.49. The summed E-state index contributed by atoms with van der Waals surface area (Å²) < 4.78 is 0. The summed E-state index contributed by atoms with van der Waals surface area (Å²) in [6.45, 7) is 6.47. The second-order valence-corrected chi connectivity index (χ2v) is 7.24. The van der Waals surface area contributed by atoms with E-state index in [0.29, 0.717) is 0 Å². The lowest BCUT2D eigenvalue weighted by Crippen LogP contribution is -2.45. The van der Waals surface area contributed by atoms with Gasteiger partial charge in [-0.05, 0) is 25.1 Å². The number of piperazine rings is 1. The van der Waals surface area contributed by atoms with Crippen molar-refractivity contribution in [2.45, 2.75) is 19.4 Å². The average molecular weight is 354 g/mol. The van der Waals surface area contributed by atoms with Gasteiger partial charge in [0.1, 0.15) is 0 Å². The first-order valence-electron chi connectivity index (χ1n) is 9.36. The molecule has 0 amide bonds. The molecule has 4 rings (SSSR count). The molecule has 0 aliphatic carbocycles. The summed E-state index contributed by atoms with van der Waals surface area (Å²) in [7, 11) is 2.13. The van der Waals surface area contributed by atoms with E-state index in [4.69, 9.17) is 4.98 Å². The van der Waals surface area contributed by atoms with Crippen LogP contribution in [0.5, 0.6) is 0 Å². The molecule has 2 aromatic heterocycles. The molecular formula is C19H26N6O. The Bertz CT molecular complexity index is 797. The Morgan fingerprint density at radius 3 is 2.69 bits per heavy atom. The van der Waals surface area contributed by atoms with Gasteiger partial charge in [0, 0.05) is 70.2 Å². The highest BCUT2D eigenvalue weighted by Crippen LogP contribution is 2.16. The van der Waals surface area contributed by atoms with Crippen molar-refractivity contribution in [3.63, 3.8) is 0 Å². The maximum atomic E-state index is 12.6. The van der Waals surface area contributed by atoms with Gasteiger partial charge in [-0.3, -0.25) is 19.7 Å². The third-order valence-electron chi connectivity index (χ3n) is 5.36. The number of hydrogen-bond acceptors (Lipinski definition) is 6. The second-order valence-electron chi connectivity index (χ2n) is 7.24. The molecule has 0 spiro atoms. The summed E-state index contributed by atoms with van der Waals surface area (Å²) in [6.07, 6.45) is 5.28. The largest absolute Gasteiger partial charge is 0.340 e. The highest BCUT2D eigenvalue weighted by Gasteiger charge is 2.22. The van der Waals surface area contributed by atoms with E-state index in [9.17, 15) is 4.79 Å². The van der Waals surface area contributed by atoms with Gasteiger partial charge >= 0.3 is 0 Å². The van der Waals surface area contributed by atoms with Gasteiger partial charge in [0.2, 0.25) is 5.95 Å². The molecule has 2 aromatic rings. The van der Waals surface area contributed by atoms with E-state index in [0.717, 1.165) is 75.9 Å². The predicted molar refractivity (Wildman–Crippen MR) is 101 cm³/mol. The Hall–Kier alpha value is -2.25. The van der Waals surface area contributed by atoms with Gasteiger partial charge in [-0.1, -0.05) is 6.07 Å². The van der Waals surface area contributed by atoms with Crippen LogP contribution in [0.1, 0.15) is 16.8 Å². The van der Waals surface area contributed by atoms with E-state index in [2.05, 4.69) is 37.8 Å². The number of hydrogen-bond donors (Lipinski definition) is 1. The third kappa shape index (κ3) is 3.78. The van der Waals surface area contributed by atoms with Crippen molar-refractivity contribution in [1.29, 1.82) is 0 Å². The summed E-state index contributed by atoms with van der Waals surface area (Å²) >= 11 is 0. The van der Waals surface area contributed by atoms with Crippen LogP contribution in [0, 0.1) is 0 Å². The lowest BCUT2D eigenvalue weighted by Gasteiger charge is -2.32. The van der Waals surface area contributed by atoms with E-state index in [1.165, 1.54) is 5.56 Å². The molecule has 0 saturated carbocycles. The Labute approximate surface area is 153 Å². The normalized spacial score (nSPS) is 19.2. The topological polar surface area (TPSA) is 68.4 Å². The minimum absolute atomic E-state index is 0.0344. The van der Waals surface area contributed by atoms with E-state index >= 15 is 0 Å². The lowest BCUT2D eigenvalue weighted by molar-refractivity contribution is 0.278. The van der Waals surface area contributed by atoms with Crippen molar-refractivity contribution in [3.05, 3.63) is 51.7 Å². The second kappa shape index (κ2) is 7.55. The van der Waals surface area contributed by atoms with Crippen molar-refractivity contribution in [1.82, 2.24) is 24.8 Å². The molecule has 26 heavy (non-hydrogen) atoms. The van der Waals surface area contributed by atoms with Gasteiger partial charge < -0.3 is 9.80 Å². The predicted octanol–water partition coefficient (Wildman–Crippen LogP) is 0.518. The van der Waals surface area contributed by atoms with Crippen LogP contribution in [0.4, 0.5) is 5.95 Å². The number of H-pyrrole nitrogens is 1. The maximum Gasteiger partial charge on any atom is 0.255 e.